The first kappa shape index (κ1) is 10.1. The average Bonchev–Trinajstić information content (AvgIpc) is 2.50. The average molecular weight is 221 g/mol. The van der Waals surface area contributed by atoms with Crippen molar-refractivity contribution < 1.29 is 13.0 Å². The second kappa shape index (κ2) is 3.81. The number of hydrogen-bond acceptors (Lipinski definition) is 4. The quantitative estimate of drug-likeness (QED) is 0.471. The molecule has 0 aliphatic rings. The highest BCUT2D eigenvalue weighted by atomic mass is 32.2. The summed E-state index contributed by atoms with van der Waals surface area (Å²) in [5, 5.41) is 2.35. The van der Waals surface area contributed by atoms with E-state index in [0.29, 0.717) is 5.69 Å². The van der Waals surface area contributed by atoms with Crippen LogP contribution in [0.4, 0.5) is 0 Å². The monoisotopic (exact) mass is 221 g/mol. The predicted molar refractivity (Wildman–Crippen MR) is 49.8 cm³/mol. The molecule has 1 rings (SSSR count). The summed E-state index contributed by atoms with van der Waals surface area (Å²) in [5.74, 6) is -0.606. The molecule has 0 amide bonds. The van der Waals surface area contributed by atoms with Gasteiger partial charge in [0.05, 0.1) is 18.2 Å². The van der Waals surface area contributed by atoms with Crippen LogP contribution < -0.4 is 5.32 Å². The Bertz CT molecular complexity index is 383. The van der Waals surface area contributed by atoms with E-state index in [1.807, 2.05) is 0 Å². The minimum Gasteiger partial charge on any atom is -0.359 e. The van der Waals surface area contributed by atoms with Crippen molar-refractivity contribution in [2.24, 2.45) is 0 Å². The van der Waals surface area contributed by atoms with E-state index in [9.17, 15) is 8.42 Å². The number of hydrogen-bond donors (Lipinski definition) is 3. The molecule has 3 N–H and O–H groups in total. The zero-order chi connectivity index (χ0) is 9.90. The normalized spacial score (nSPS) is 11.2. The number of aromatic nitrogens is 2. The SMILES string of the molecule is O=S(=O)(O)CNC(=S)c1cnc[nH]1. The van der Waals surface area contributed by atoms with Crippen LogP contribution in [0.3, 0.4) is 0 Å². The number of rotatable bonds is 3. The van der Waals surface area contributed by atoms with Crippen molar-refractivity contribution in [2.45, 2.75) is 0 Å². The number of H-pyrrole nitrogens is 1. The first-order valence-electron chi connectivity index (χ1n) is 3.21. The molecule has 0 atom stereocenters. The Morgan fingerprint density at radius 1 is 1.77 bits per heavy atom. The molecule has 0 bridgehead atoms. The van der Waals surface area contributed by atoms with Crippen LogP contribution in [0.15, 0.2) is 12.5 Å². The molecule has 8 heteroatoms. The lowest BCUT2D eigenvalue weighted by Gasteiger charge is -2.02. The smallest absolute Gasteiger partial charge is 0.283 e. The second-order valence-corrected chi connectivity index (χ2v) is 4.06. The molecule has 0 fully saturated rings. The van der Waals surface area contributed by atoms with Crippen LogP contribution in [0.2, 0.25) is 0 Å². The van der Waals surface area contributed by atoms with Gasteiger partial charge in [0, 0.05) is 0 Å². The van der Waals surface area contributed by atoms with E-state index in [1.54, 1.807) is 0 Å². The highest BCUT2D eigenvalue weighted by Crippen LogP contribution is 1.92. The Morgan fingerprint density at radius 2 is 2.46 bits per heavy atom. The van der Waals surface area contributed by atoms with Crippen LogP contribution >= 0.6 is 12.2 Å². The van der Waals surface area contributed by atoms with Crippen LogP contribution in [0.25, 0.3) is 0 Å². The highest BCUT2D eigenvalue weighted by Gasteiger charge is 2.07. The van der Waals surface area contributed by atoms with Crippen molar-refractivity contribution in [3.8, 4) is 0 Å². The molecule has 0 aromatic carbocycles. The van der Waals surface area contributed by atoms with E-state index in [1.165, 1.54) is 12.5 Å². The summed E-state index contributed by atoms with van der Waals surface area (Å²) in [7, 11) is -4.04. The molecule has 0 radical (unpaired) electrons. The van der Waals surface area contributed by atoms with E-state index in [2.05, 4.69) is 15.3 Å². The van der Waals surface area contributed by atoms with Gasteiger partial charge >= 0.3 is 0 Å². The maximum Gasteiger partial charge on any atom is 0.283 e. The van der Waals surface area contributed by atoms with Crippen LogP contribution in [0.5, 0.6) is 0 Å². The molecule has 0 unspecified atom stereocenters. The molecule has 0 saturated carbocycles. The minimum absolute atomic E-state index is 0.190. The van der Waals surface area contributed by atoms with Crippen molar-refractivity contribution in [3.05, 3.63) is 18.2 Å². The molecule has 6 nitrogen and oxygen atoms in total. The lowest BCUT2D eigenvalue weighted by atomic mass is 10.5. The van der Waals surface area contributed by atoms with E-state index >= 15 is 0 Å². The Hall–Kier alpha value is -0.990. The summed E-state index contributed by atoms with van der Waals surface area (Å²) in [5.41, 5.74) is 0.499. The van der Waals surface area contributed by atoms with Gasteiger partial charge in [-0.1, -0.05) is 12.2 Å². The third-order valence-electron chi connectivity index (χ3n) is 1.16. The molecule has 72 valence electrons. The first-order chi connectivity index (χ1) is 5.99. The van der Waals surface area contributed by atoms with Crippen LogP contribution in [0, 0.1) is 0 Å². The Labute approximate surface area is 80.1 Å². The minimum atomic E-state index is -4.04. The molecule has 1 heterocycles. The highest BCUT2D eigenvalue weighted by molar-refractivity contribution is 7.86. The van der Waals surface area contributed by atoms with Gasteiger partial charge < -0.3 is 10.3 Å². The second-order valence-electron chi connectivity index (χ2n) is 2.20. The molecule has 1 aromatic heterocycles. The van der Waals surface area contributed by atoms with Gasteiger partial charge in [0.15, 0.2) is 0 Å². The van der Waals surface area contributed by atoms with Gasteiger partial charge in [-0.05, 0) is 0 Å². The summed E-state index contributed by atoms with van der Waals surface area (Å²) >= 11 is 4.78. The summed E-state index contributed by atoms with van der Waals surface area (Å²) in [6, 6.07) is 0. The molecule has 0 aliphatic carbocycles. The Morgan fingerprint density at radius 3 is 2.92 bits per heavy atom. The van der Waals surface area contributed by atoms with Crippen molar-refractivity contribution >= 4 is 27.3 Å². The van der Waals surface area contributed by atoms with E-state index in [0.717, 1.165) is 0 Å². The zero-order valence-electron chi connectivity index (χ0n) is 6.39. The zero-order valence-corrected chi connectivity index (χ0v) is 8.02. The third-order valence-corrected chi connectivity index (χ3v) is 2.03. The first-order valence-corrected chi connectivity index (χ1v) is 5.22. The van der Waals surface area contributed by atoms with E-state index in [-0.39, 0.29) is 4.99 Å². The molecule has 0 saturated heterocycles. The standard InChI is InChI=1S/C5H7N3O3S2/c9-13(10,11)3-8-5(12)4-1-6-2-7-4/h1-2H,3H2,(H,6,7)(H,8,12)(H,9,10,11). The Kier molecular flexibility index (Phi) is 2.96. The van der Waals surface area contributed by atoms with Crippen molar-refractivity contribution in [3.63, 3.8) is 0 Å². The van der Waals surface area contributed by atoms with E-state index < -0.39 is 16.0 Å². The lowest BCUT2D eigenvalue weighted by molar-refractivity contribution is 0.481. The molecule has 0 aliphatic heterocycles. The van der Waals surface area contributed by atoms with Crippen LogP contribution in [-0.4, -0.2) is 33.8 Å². The van der Waals surface area contributed by atoms with E-state index in [4.69, 9.17) is 16.8 Å². The molecular formula is C5H7N3O3S2. The molecular weight excluding hydrogens is 214 g/mol. The predicted octanol–water partition coefficient (Wildman–Crippen LogP) is -0.480. The number of nitrogens with one attached hydrogen (secondary N) is 2. The van der Waals surface area contributed by atoms with Gasteiger partial charge in [-0.15, -0.1) is 0 Å². The molecule has 13 heavy (non-hydrogen) atoms. The Balaban J connectivity index is 2.53. The number of imidazole rings is 1. The molecule has 0 spiro atoms. The van der Waals surface area contributed by atoms with Gasteiger partial charge in [-0.2, -0.15) is 8.42 Å². The van der Waals surface area contributed by atoms with Crippen molar-refractivity contribution in [2.75, 3.05) is 5.88 Å². The van der Waals surface area contributed by atoms with Gasteiger partial charge in [0.2, 0.25) is 0 Å². The number of thiocarbonyl (C=S) groups is 1. The summed E-state index contributed by atoms with van der Waals surface area (Å²) in [6.07, 6.45) is 2.86. The van der Waals surface area contributed by atoms with Crippen molar-refractivity contribution in [1.82, 2.24) is 15.3 Å². The van der Waals surface area contributed by atoms with Crippen molar-refractivity contribution in [1.29, 1.82) is 0 Å². The fraction of sp³-hybridized carbons (Fsp3) is 0.200. The number of aromatic amines is 1. The topological polar surface area (TPSA) is 95.1 Å². The fourth-order valence-corrected chi connectivity index (χ4v) is 1.23. The summed E-state index contributed by atoms with van der Waals surface area (Å²) in [4.78, 5) is 6.56. The van der Waals surface area contributed by atoms with Crippen LogP contribution in [0.1, 0.15) is 5.69 Å². The third kappa shape index (κ3) is 3.49. The van der Waals surface area contributed by atoms with Gasteiger partial charge in [0.25, 0.3) is 10.1 Å². The summed E-state index contributed by atoms with van der Waals surface area (Å²) < 4.78 is 29.0. The van der Waals surface area contributed by atoms with Gasteiger partial charge in [-0.25, -0.2) is 4.98 Å². The summed E-state index contributed by atoms with van der Waals surface area (Å²) in [6.45, 7) is 0. The largest absolute Gasteiger partial charge is 0.359 e. The van der Waals surface area contributed by atoms with Gasteiger partial charge in [-0.3, -0.25) is 4.55 Å². The lowest BCUT2D eigenvalue weighted by Crippen LogP contribution is -2.28. The number of nitrogens with zero attached hydrogens (tertiary/aromatic N) is 1. The molecule has 1 aromatic rings. The maximum absolute atomic E-state index is 10.3. The fourth-order valence-electron chi connectivity index (χ4n) is 0.632. The van der Waals surface area contributed by atoms with Crippen LogP contribution in [-0.2, 0) is 10.1 Å². The maximum atomic E-state index is 10.3. The van der Waals surface area contributed by atoms with Gasteiger partial charge in [0.1, 0.15) is 10.9 Å².